The fourth-order valence-corrected chi connectivity index (χ4v) is 2.76. The van der Waals surface area contributed by atoms with Gasteiger partial charge in [0.2, 0.25) is 0 Å². The van der Waals surface area contributed by atoms with E-state index in [1.165, 1.54) is 4.90 Å². The predicted molar refractivity (Wildman–Crippen MR) is 72.3 cm³/mol. The standard InChI is InChI=1S/C15H15F2NO3/c1-9-13(11-4-2-3-5-12(11)20-9)14(19)18-7-6-10(8-18)21-15(16)17/h2-5,10,15H,6-8H2,1H3/t10-/m0/s1. The quantitative estimate of drug-likeness (QED) is 0.873. The molecule has 6 heteroatoms. The molecule has 1 aliphatic heterocycles. The molecular weight excluding hydrogens is 280 g/mol. The van der Waals surface area contributed by atoms with Crippen molar-refractivity contribution in [3.05, 3.63) is 35.6 Å². The van der Waals surface area contributed by atoms with Crippen molar-refractivity contribution in [1.82, 2.24) is 4.90 Å². The average molecular weight is 295 g/mol. The number of benzene rings is 1. The lowest BCUT2D eigenvalue weighted by Gasteiger charge is -2.16. The highest BCUT2D eigenvalue weighted by Crippen LogP contribution is 2.28. The Balaban J connectivity index is 1.83. The van der Waals surface area contributed by atoms with Gasteiger partial charge in [-0.15, -0.1) is 0 Å². The molecule has 1 amide bonds. The third kappa shape index (κ3) is 2.63. The summed E-state index contributed by atoms with van der Waals surface area (Å²) in [6.45, 7) is -0.477. The summed E-state index contributed by atoms with van der Waals surface area (Å²) in [5.41, 5.74) is 1.15. The van der Waals surface area contributed by atoms with Crippen molar-refractivity contribution in [3.8, 4) is 0 Å². The van der Waals surface area contributed by atoms with E-state index in [-0.39, 0.29) is 12.5 Å². The van der Waals surface area contributed by atoms with Gasteiger partial charge in [-0.2, -0.15) is 8.78 Å². The summed E-state index contributed by atoms with van der Waals surface area (Å²) in [5, 5.41) is 0.748. The van der Waals surface area contributed by atoms with Crippen molar-refractivity contribution >= 4 is 16.9 Å². The first-order valence-corrected chi connectivity index (χ1v) is 6.77. The normalized spacial score (nSPS) is 18.9. The van der Waals surface area contributed by atoms with E-state index in [0.29, 0.717) is 29.9 Å². The molecule has 0 N–H and O–H groups in total. The Hall–Kier alpha value is -1.95. The van der Waals surface area contributed by atoms with Crippen LogP contribution in [0.1, 0.15) is 22.5 Å². The fourth-order valence-electron chi connectivity index (χ4n) is 2.76. The number of likely N-dealkylation sites (tertiary alicyclic amines) is 1. The number of aryl methyl sites for hydroxylation is 1. The summed E-state index contributed by atoms with van der Waals surface area (Å²) in [5.74, 6) is 0.345. The number of amides is 1. The molecule has 21 heavy (non-hydrogen) atoms. The maximum absolute atomic E-state index is 12.6. The molecule has 0 unspecified atom stereocenters. The van der Waals surface area contributed by atoms with Crippen molar-refractivity contribution in [3.63, 3.8) is 0 Å². The average Bonchev–Trinajstić information content (AvgIpc) is 3.00. The van der Waals surface area contributed by atoms with Crippen LogP contribution in [0.25, 0.3) is 11.0 Å². The van der Waals surface area contributed by atoms with E-state index in [1.54, 1.807) is 13.0 Å². The van der Waals surface area contributed by atoms with Crippen LogP contribution in [-0.2, 0) is 4.74 Å². The smallest absolute Gasteiger partial charge is 0.345 e. The highest BCUT2D eigenvalue weighted by Gasteiger charge is 2.31. The van der Waals surface area contributed by atoms with Crippen LogP contribution in [0.4, 0.5) is 8.78 Å². The Morgan fingerprint density at radius 2 is 2.19 bits per heavy atom. The van der Waals surface area contributed by atoms with Crippen LogP contribution in [0.15, 0.2) is 28.7 Å². The first kappa shape index (κ1) is 14.0. The molecule has 0 bridgehead atoms. The number of furan rings is 1. The van der Waals surface area contributed by atoms with Crippen molar-refractivity contribution in [2.24, 2.45) is 0 Å². The van der Waals surface area contributed by atoms with E-state index >= 15 is 0 Å². The van der Waals surface area contributed by atoms with E-state index in [2.05, 4.69) is 4.74 Å². The van der Waals surface area contributed by atoms with Crippen LogP contribution in [0.5, 0.6) is 0 Å². The SMILES string of the molecule is Cc1oc2ccccc2c1C(=O)N1CC[C@H](OC(F)F)C1. The second-order valence-corrected chi connectivity index (χ2v) is 5.09. The number of rotatable bonds is 3. The van der Waals surface area contributed by atoms with Crippen LogP contribution in [0.2, 0.25) is 0 Å². The Labute approximate surface area is 120 Å². The van der Waals surface area contributed by atoms with Gasteiger partial charge in [-0.3, -0.25) is 4.79 Å². The summed E-state index contributed by atoms with van der Waals surface area (Å²) in [6.07, 6.45) is -0.183. The maximum Gasteiger partial charge on any atom is 0.345 e. The molecular formula is C15H15F2NO3. The van der Waals surface area contributed by atoms with E-state index in [0.717, 1.165) is 5.39 Å². The minimum atomic E-state index is -2.80. The maximum atomic E-state index is 12.6. The van der Waals surface area contributed by atoms with Crippen LogP contribution >= 0.6 is 0 Å². The highest BCUT2D eigenvalue weighted by molar-refractivity contribution is 6.07. The highest BCUT2D eigenvalue weighted by atomic mass is 19.3. The number of ether oxygens (including phenoxy) is 1. The molecule has 0 radical (unpaired) electrons. The predicted octanol–water partition coefficient (Wildman–Crippen LogP) is 3.19. The molecule has 1 atom stereocenters. The number of alkyl halides is 2. The minimum absolute atomic E-state index is 0.183. The molecule has 112 valence electrons. The second kappa shape index (κ2) is 5.44. The van der Waals surface area contributed by atoms with Gasteiger partial charge in [0.15, 0.2) is 0 Å². The molecule has 0 saturated carbocycles. The number of hydrogen-bond donors (Lipinski definition) is 0. The zero-order chi connectivity index (χ0) is 15.0. The van der Waals surface area contributed by atoms with Crippen LogP contribution in [0.3, 0.4) is 0 Å². The molecule has 0 aliphatic carbocycles. The van der Waals surface area contributed by atoms with Gasteiger partial charge in [-0.05, 0) is 19.4 Å². The zero-order valence-corrected chi connectivity index (χ0v) is 11.5. The number of nitrogens with zero attached hydrogens (tertiary/aromatic N) is 1. The molecule has 2 aromatic rings. The van der Waals surface area contributed by atoms with Gasteiger partial charge in [0.1, 0.15) is 11.3 Å². The van der Waals surface area contributed by atoms with E-state index in [9.17, 15) is 13.6 Å². The van der Waals surface area contributed by atoms with Crippen molar-refractivity contribution in [2.75, 3.05) is 13.1 Å². The minimum Gasteiger partial charge on any atom is -0.461 e. The second-order valence-electron chi connectivity index (χ2n) is 5.09. The number of halogens is 2. The lowest BCUT2D eigenvalue weighted by Crippen LogP contribution is -2.30. The van der Waals surface area contributed by atoms with Crippen LogP contribution in [-0.4, -0.2) is 36.6 Å². The van der Waals surface area contributed by atoms with Gasteiger partial charge in [-0.25, -0.2) is 0 Å². The first-order chi connectivity index (χ1) is 10.1. The van der Waals surface area contributed by atoms with Gasteiger partial charge in [0, 0.05) is 18.5 Å². The molecule has 3 rings (SSSR count). The molecule has 4 nitrogen and oxygen atoms in total. The first-order valence-electron chi connectivity index (χ1n) is 6.77. The molecule has 1 aromatic carbocycles. The lowest BCUT2D eigenvalue weighted by atomic mass is 10.1. The Morgan fingerprint density at radius 1 is 1.43 bits per heavy atom. The molecule has 1 aliphatic rings. The van der Waals surface area contributed by atoms with Crippen molar-refractivity contribution in [1.29, 1.82) is 0 Å². The fraction of sp³-hybridized carbons (Fsp3) is 0.400. The van der Waals surface area contributed by atoms with E-state index < -0.39 is 12.7 Å². The van der Waals surface area contributed by atoms with Gasteiger partial charge in [0.25, 0.3) is 5.91 Å². The van der Waals surface area contributed by atoms with E-state index in [1.807, 2.05) is 18.2 Å². The van der Waals surface area contributed by atoms with Gasteiger partial charge in [0.05, 0.1) is 11.7 Å². The third-order valence-electron chi connectivity index (χ3n) is 3.71. The largest absolute Gasteiger partial charge is 0.461 e. The Kier molecular flexibility index (Phi) is 3.63. The van der Waals surface area contributed by atoms with Crippen molar-refractivity contribution in [2.45, 2.75) is 26.1 Å². The van der Waals surface area contributed by atoms with Crippen LogP contribution in [0, 0.1) is 6.92 Å². The molecule has 1 saturated heterocycles. The Bertz CT molecular complexity index is 668. The monoisotopic (exact) mass is 295 g/mol. The van der Waals surface area contributed by atoms with E-state index in [4.69, 9.17) is 4.42 Å². The molecule has 2 heterocycles. The number of carbonyl (C=O) groups excluding carboxylic acids is 1. The Morgan fingerprint density at radius 3 is 2.95 bits per heavy atom. The molecule has 0 spiro atoms. The molecule has 1 aromatic heterocycles. The zero-order valence-electron chi connectivity index (χ0n) is 11.5. The summed E-state index contributed by atoms with van der Waals surface area (Å²) in [7, 11) is 0. The van der Waals surface area contributed by atoms with Crippen LogP contribution < -0.4 is 0 Å². The topological polar surface area (TPSA) is 42.7 Å². The molecule has 1 fully saturated rings. The summed E-state index contributed by atoms with van der Waals surface area (Å²) >= 11 is 0. The summed E-state index contributed by atoms with van der Waals surface area (Å²) < 4.78 is 34.5. The third-order valence-corrected chi connectivity index (χ3v) is 3.71. The van der Waals surface area contributed by atoms with Gasteiger partial charge < -0.3 is 14.1 Å². The number of hydrogen-bond acceptors (Lipinski definition) is 3. The van der Waals surface area contributed by atoms with Gasteiger partial charge in [-0.1, -0.05) is 18.2 Å². The number of carbonyl (C=O) groups is 1. The van der Waals surface area contributed by atoms with Gasteiger partial charge >= 0.3 is 6.61 Å². The number of para-hydroxylation sites is 1. The summed E-state index contributed by atoms with van der Waals surface area (Å²) in [6, 6.07) is 7.29. The lowest BCUT2D eigenvalue weighted by molar-refractivity contribution is -0.158. The number of fused-ring (bicyclic) bond motifs is 1. The van der Waals surface area contributed by atoms with Crippen molar-refractivity contribution < 1.29 is 22.7 Å². The summed E-state index contributed by atoms with van der Waals surface area (Å²) in [4.78, 5) is 14.1.